The van der Waals surface area contributed by atoms with E-state index >= 15 is 0 Å². The van der Waals surface area contributed by atoms with Crippen LogP contribution in [0.15, 0.2) is 24.3 Å². The number of esters is 2. The van der Waals surface area contributed by atoms with Crippen LogP contribution in [0.2, 0.25) is 0 Å². The van der Waals surface area contributed by atoms with Gasteiger partial charge in [0.1, 0.15) is 11.8 Å². The first-order valence-electron chi connectivity index (χ1n) is 6.64. The lowest BCUT2D eigenvalue weighted by molar-refractivity contribution is -0.147. The second kappa shape index (κ2) is 8.02. The molecule has 0 heterocycles. The Morgan fingerprint density at radius 3 is 2.14 bits per heavy atom. The zero-order valence-electron chi connectivity index (χ0n) is 12.7. The first-order chi connectivity index (χ1) is 10.4. The number of benzene rings is 1. The summed E-state index contributed by atoms with van der Waals surface area (Å²) in [4.78, 5) is 35.3. The molecule has 0 fully saturated rings. The number of methoxy groups -OCH3 is 2. The van der Waals surface area contributed by atoms with Crippen molar-refractivity contribution in [3.63, 3.8) is 0 Å². The molecule has 2 atom stereocenters. The van der Waals surface area contributed by atoms with Crippen molar-refractivity contribution in [2.45, 2.75) is 19.4 Å². The van der Waals surface area contributed by atoms with Crippen molar-refractivity contribution >= 4 is 17.8 Å². The lowest BCUT2D eigenvalue weighted by Crippen LogP contribution is -2.43. The molecule has 7 heteroatoms. The van der Waals surface area contributed by atoms with Crippen molar-refractivity contribution in [3.8, 4) is 5.75 Å². The van der Waals surface area contributed by atoms with Crippen LogP contribution in [0.3, 0.4) is 0 Å². The van der Waals surface area contributed by atoms with Crippen LogP contribution in [-0.4, -0.2) is 43.2 Å². The molecule has 0 bridgehead atoms. The predicted octanol–water partition coefficient (Wildman–Crippen LogP) is 0.863. The molecule has 120 valence electrons. The van der Waals surface area contributed by atoms with Crippen LogP contribution in [0.4, 0.5) is 0 Å². The van der Waals surface area contributed by atoms with Gasteiger partial charge in [-0.3, -0.25) is 9.59 Å². The van der Waals surface area contributed by atoms with E-state index in [1.807, 2.05) is 0 Å². The topological polar surface area (TPSA) is 102 Å². The van der Waals surface area contributed by atoms with E-state index < -0.39 is 29.8 Å². The van der Waals surface area contributed by atoms with Gasteiger partial charge in [0.2, 0.25) is 0 Å². The van der Waals surface area contributed by atoms with E-state index in [1.165, 1.54) is 38.5 Å². The molecule has 0 radical (unpaired) electrons. The summed E-state index contributed by atoms with van der Waals surface area (Å²) in [5, 5.41) is 11.7. The summed E-state index contributed by atoms with van der Waals surface area (Å²) < 4.78 is 9.23. The number of hydrogen-bond donors (Lipinski definition) is 2. The van der Waals surface area contributed by atoms with E-state index in [0.29, 0.717) is 0 Å². The summed E-state index contributed by atoms with van der Waals surface area (Å²) in [5.74, 6) is -2.18. The van der Waals surface area contributed by atoms with Crippen LogP contribution in [0.25, 0.3) is 0 Å². The summed E-state index contributed by atoms with van der Waals surface area (Å²) >= 11 is 0. The Balaban J connectivity index is 2.80. The standard InChI is InChI=1S/C15H19NO6/c1-9(14(19)21-2)8-12(15(20)22-3)16-13(18)10-4-6-11(17)7-5-10/h4-7,9,12,17H,8H2,1-3H3,(H,16,18)/t9-,12+/m1/s1. The van der Waals surface area contributed by atoms with Crippen LogP contribution in [-0.2, 0) is 19.1 Å². The molecular formula is C15H19NO6. The van der Waals surface area contributed by atoms with Crippen molar-refractivity contribution in [2.75, 3.05) is 14.2 Å². The van der Waals surface area contributed by atoms with Gasteiger partial charge in [0.05, 0.1) is 20.1 Å². The Morgan fingerprint density at radius 1 is 1.09 bits per heavy atom. The van der Waals surface area contributed by atoms with E-state index in [1.54, 1.807) is 6.92 Å². The lowest BCUT2D eigenvalue weighted by Gasteiger charge is -2.19. The maximum atomic E-state index is 12.1. The molecule has 0 saturated carbocycles. The summed E-state index contributed by atoms with van der Waals surface area (Å²) in [6, 6.07) is 4.59. The average molecular weight is 309 g/mol. The monoisotopic (exact) mass is 309 g/mol. The van der Waals surface area contributed by atoms with Gasteiger partial charge in [0.25, 0.3) is 5.91 Å². The molecule has 0 aliphatic carbocycles. The zero-order valence-corrected chi connectivity index (χ0v) is 12.7. The Hall–Kier alpha value is -2.57. The van der Waals surface area contributed by atoms with Crippen molar-refractivity contribution in [1.82, 2.24) is 5.32 Å². The zero-order chi connectivity index (χ0) is 16.7. The minimum absolute atomic E-state index is 0.0281. The van der Waals surface area contributed by atoms with Gasteiger partial charge in [-0.2, -0.15) is 0 Å². The smallest absolute Gasteiger partial charge is 0.328 e. The Bertz CT molecular complexity index is 539. The number of carbonyl (C=O) groups is 3. The number of aromatic hydroxyl groups is 1. The molecule has 0 spiro atoms. The number of nitrogens with one attached hydrogen (secondary N) is 1. The van der Waals surface area contributed by atoms with Crippen molar-refractivity contribution in [1.29, 1.82) is 0 Å². The second-order valence-corrected chi connectivity index (χ2v) is 4.76. The van der Waals surface area contributed by atoms with Gasteiger partial charge in [-0.15, -0.1) is 0 Å². The molecule has 0 aliphatic rings. The predicted molar refractivity (Wildman–Crippen MR) is 77.2 cm³/mol. The number of carbonyl (C=O) groups excluding carboxylic acids is 3. The second-order valence-electron chi connectivity index (χ2n) is 4.76. The fraction of sp³-hybridized carbons (Fsp3) is 0.400. The summed E-state index contributed by atoms with van der Waals surface area (Å²) in [6.07, 6.45) is 0.0587. The minimum Gasteiger partial charge on any atom is -0.508 e. The van der Waals surface area contributed by atoms with Crippen LogP contribution >= 0.6 is 0 Å². The molecule has 2 N–H and O–H groups in total. The summed E-state index contributed by atoms with van der Waals surface area (Å²) in [6.45, 7) is 1.59. The van der Waals surface area contributed by atoms with Crippen LogP contribution in [0.1, 0.15) is 23.7 Å². The fourth-order valence-corrected chi connectivity index (χ4v) is 1.86. The number of amides is 1. The van der Waals surface area contributed by atoms with Gasteiger partial charge in [-0.25, -0.2) is 4.79 Å². The molecule has 1 aromatic rings. The Morgan fingerprint density at radius 2 is 1.64 bits per heavy atom. The lowest BCUT2D eigenvalue weighted by atomic mass is 10.0. The molecule has 0 aromatic heterocycles. The van der Waals surface area contributed by atoms with E-state index in [0.717, 1.165) is 0 Å². The average Bonchev–Trinajstić information content (AvgIpc) is 2.52. The van der Waals surface area contributed by atoms with Crippen molar-refractivity contribution < 1.29 is 29.0 Å². The quantitative estimate of drug-likeness (QED) is 0.756. The van der Waals surface area contributed by atoms with Gasteiger partial charge < -0.3 is 19.9 Å². The maximum Gasteiger partial charge on any atom is 0.328 e. The van der Waals surface area contributed by atoms with Crippen LogP contribution < -0.4 is 5.32 Å². The van der Waals surface area contributed by atoms with Crippen molar-refractivity contribution in [2.24, 2.45) is 5.92 Å². The Kier molecular flexibility index (Phi) is 6.37. The number of phenols is 1. The van der Waals surface area contributed by atoms with Crippen LogP contribution in [0, 0.1) is 5.92 Å². The SMILES string of the molecule is COC(=O)[C@H](C)C[C@H](NC(=O)c1ccc(O)cc1)C(=O)OC. The largest absolute Gasteiger partial charge is 0.508 e. The highest BCUT2D eigenvalue weighted by molar-refractivity contribution is 5.97. The van der Waals surface area contributed by atoms with E-state index in [-0.39, 0.29) is 17.7 Å². The number of phenolic OH excluding ortho intramolecular Hbond substituents is 1. The number of hydrogen-bond acceptors (Lipinski definition) is 6. The van der Waals surface area contributed by atoms with Crippen LogP contribution in [0.5, 0.6) is 5.75 Å². The van der Waals surface area contributed by atoms with E-state index in [9.17, 15) is 19.5 Å². The molecule has 22 heavy (non-hydrogen) atoms. The van der Waals surface area contributed by atoms with Gasteiger partial charge in [0, 0.05) is 5.56 Å². The Labute approximate surface area is 128 Å². The molecule has 1 aromatic carbocycles. The molecule has 7 nitrogen and oxygen atoms in total. The summed E-state index contributed by atoms with van der Waals surface area (Å²) in [5.41, 5.74) is 0.275. The highest BCUT2D eigenvalue weighted by Crippen LogP contribution is 2.12. The molecule has 0 saturated heterocycles. The molecule has 1 amide bonds. The van der Waals surface area contributed by atoms with Crippen molar-refractivity contribution in [3.05, 3.63) is 29.8 Å². The molecule has 0 aliphatic heterocycles. The highest BCUT2D eigenvalue weighted by Gasteiger charge is 2.27. The summed E-state index contributed by atoms with van der Waals surface area (Å²) in [7, 11) is 2.45. The van der Waals surface area contributed by atoms with E-state index in [4.69, 9.17) is 0 Å². The molecule has 1 rings (SSSR count). The van der Waals surface area contributed by atoms with E-state index in [2.05, 4.69) is 14.8 Å². The van der Waals surface area contributed by atoms with Gasteiger partial charge in [-0.05, 0) is 30.7 Å². The van der Waals surface area contributed by atoms with Gasteiger partial charge in [-0.1, -0.05) is 6.92 Å². The molecular weight excluding hydrogens is 290 g/mol. The van der Waals surface area contributed by atoms with Gasteiger partial charge >= 0.3 is 11.9 Å². The molecule has 0 unspecified atom stereocenters. The minimum atomic E-state index is -0.972. The number of rotatable bonds is 6. The maximum absolute atomic E-state index is 12.1. The normalized spacial score (nSPS) is 12.9. The highest BCUT2D eigenvalue weighted by atomic mass is 16.5. The first-order valence-corrected chi connectivity index (χ1v) is 6.64. The fourth-order valence-electron chi connectivity index (χ4n) is 1.86. The third kappa shape index (κ3) is 4.76. The third-order valence-corrected chi connectivity index (χ3v) is 3.11. The number of ether oxygens (including phenoxy) is 2. The first kappa shape index (κ1) is 17.5. The third-order valence-electron chi connectivity index (χ3n) is 3.11. The van der Waals surface area contributed by atoms with Gasteiger partial charge in [0.15, 0.2) is 0 Å².